The van der Waals surface area contributed by atoms with Crippen molar-refractivity contribution in [2.75, 3.05) is 43.1 Å². The Morgan fingerprint density at radius 3 is 2.67 bits per heavy atom. The van der Waals surface area contributed by atoms with Crippen LogP contribution in [-0.4, -0.2) is 67.6 Å². The number of morpholine rings is 1. The van der Waals surface area contributed by atoms with Crippen LogP contribution >= 0.6 is 22.9 Å². The molecule has 1 atom stereocenters. The van der Waals surface area contributed by atoms with E-state index in [2.05, 4.69) is 10.6 Å². The molecule has 8 nitrogen and oxygen atoms in total. The summed E-state index contributed by atoms with van der Waals surface area (Å²) in [5.41, 5.74) is -0.0622. The number of carbonyl (C=O) groups excluding carboxylic acids is 3. The number of thiophene rings is 1. The maximum Gasteiger partial charge on any atom is 0.265 e. The highest BCUT2D eigenvalue weighted by atomic mass is 35.5. The molecule has 0 spiro atoms. The van der Waals surface area contributed by atoms with Crippen LogP contribution in [0, 0.1) is 0 Å². The van der Waals surface area contributed by atoms with Crippen LogP contribution < -0.4 is 15.5 Å². The zero-order valence-electron chi connectivity index (χ0n) is 19.6. The molecule has 2 fully saturated rings. The average Bonchev–Trinajstić information content (AvgIpc) is 3.60. The van der Waals surface area contributed by atoms with Crippen molar-refractivity contribution in [2.24, 2.45) is 0 Å². The van der Waals surface area contributed by atoms with Gasteiger partial charge in [0.2, 0.25) is 5.91 Å². The predicted molar refractivity (Wildman–Crippen MR) is 134 cm³/mol. The number of ether oxygens (including phenoxy) is 1. The van der Waals surface area contributed by atoms with E-state index in [0.29, 0.717) is 15.8 Å². The lowest BCUT2D eigenvalue weighted by atomic mass is 10.1. The predicted octanol–water partition coefficient (Wildman–Crippen LogP) is 3.92. The highest BCUT2D eigenvalue weighted by Gasteiger charge is 2.37. The molecule has 2 aliphatic rings. The third kappa shape index (κ3) is 6.20. The molecule has 0 unspecified atom stereocenters. The van der Waals surface area contributed by atoms with Crippen LogP contribution in [0.2, 0.25) is 4.34 Å². The maximum atomic E-state index is 13.9. The number of rotatable bonds is 10. The molecule has 1 saturated carbocycles. The zero-order valence-corrected chi connectivity index (χ0v) is 21.2. The van der Waals surface area contributed by atoms with E-state index in [4.69, 9.17) is 16.3 Å². The van der Waals surface area contributed by atoms with Crippen molar-refractivity contribution in [2.45, 2.75) is 38.3 Å². The molecule has 1 aromatic carbocycles. The van der Waals surface area contributed by atoms with Gasteiger partial charge in [0.15, 0.2) is 0 Å². The van der Waals surface area contributed by atoms with Gasteiger partial charge in [0.25, 0.3) is 18.2 Å². The largest absolute Gasteiger partial charge is 0.370 e. The van der Waals surface area contributed by atoms with Gasteiger partial charge in [-0.1, -0.05) is 18.5 Å². The highest BCUT2D eigenvalue weighted by Crippen LogP contribution is 2.34. The van der Waals surface area contributed by atoms with Gasteiger partial charge < -0.3 is 20.3 Å². The van der Waals surface area contributed by atoms with E-state index >= 15 is 0 Å². The Kier molecular flexibility index (Phi) is 8.55. The van der Waals surface area contributed by atoms with Crippen molar-refractivity contribution in [1.82, 2.24) is 10.2 Å². The molecule has 3 amide bonds. The number of nitrogens with one attached hydrogen (secondary N) is 2. The van der Waals surface area contributed by atoms with Crippen LogP contribution in [0.4, 0.5) is 20.2 Å². The monoisotopic (exact) mass is 540 g/mol. The van der Waals surface area contributed by atoms with Gasteiger partial charge in [-0.05, 0) is 49.7 Å². The minimum Gasteiger partial charge on any atom is -0.370 e. The first-order valence-corrected chi connectivity index (χ1v) is 12.9. The number of amides is 3. The Morgan fingerprint density at radius 2 is 2.06 bits per heavy atom. The quantitative estimate of drug-likeness (QED) is 0.477. The number of likely N-dealkylation sites (N-methyl/N-ethyl adjacent to an activating group) is 1. The second kappa shape index (κ2) is 11.6. The Hall–Kier alpha value is -2.60. The van der Waals surface area contributed by atoms with Crippen molar-refractivity contribution >= 4 is 52.0 Å². The van der Waals surface area contributed by atoms with Crippen molar-refractivity contribution in [3.63, 3.8) is 0 Å². The highest BCUT2D eigenvalue weighted by molar-refractivity contribution is 7.18. The SMILES string of the molecule is CCN(C1CC1)[C@H](CNC(=O)c1ccc(Cl)s1)C(=O)Nc1ccc(N2CCOCC2=O)c(C(F)F)c1. The summed E-state index contributed by atoms with van der Waals surface area (Å²) in [4.78, 5) is 41.8. The van der Waals surface area contributed by atoms with Crippen molar-refractivity contribution < 1.29 is 27.9 Å². The molecule has 36 heavy (non-hydrogen) atoms. The Morgan fingerprint density at radius 1 is 1.28 bits per heavy atom. The van der Waals surface area contributed by atoms with Crippen LogP contribution in [0.5, 0.6) is 0 Å². The third-order valence-corrected chi connectivity index (χ3v) is 7.37. The smallest absolute Gasteiger partial charge is 0.265 e. The van der Waals surface area contributed by atoms with E-state index in [1.165, 1.54) is 23.1 Å². The summed E-state index contributed by atoms with van der Waals surface area (Å²) in [6.45, 7) is 2.83. The fourth-order valence-corrected chi connectivity index (χ4v) is 5.22. The first-order valence-electron chi connectivity index (χ1n) is 11.7. The molecule has 2 heterocycles. The molecule has 2 aromatic rings. The number of hydrogen-bond donors (Lipinski definition) is 2. The minimum atomic E-state index is -2.85. The van der Waals surface area contributed by atoms with Gasteiger partial charge in [0.05, 0.1) is 21.5 Å². The molecule has 0 bridgehead atoms. The molecular formula is C24H27ClF2N4O4S. The van der Waals surface area contributed by atoms with Gasteiger partial charge in [-0.25, -0.2) is 8.78 Å². The zero-order chi connectivity index (χ0) is 25.8. The van der Waals surface area contributed by atoms with E-state index in [1.54, 1.807) is 12.1 Å². The van der Waals surface area contributed by atoms with Crippen LogP contribution in [0.15, 0.2) is 30.3 Å². The molecule has 1 aliphatic heterocycles. The molecule has 1 saturated heterocycles. The van der Waals surface area contributed by atoms with Gasteiger partial charge in [-0.3, -0.25) is 19.3 Å². The molecule has 12 heteroatoms. The lowest BCUT2D eigenvalue weighted by molar-refractivity contribution is -0.125. The summed E-state index contributed by atoms with van der Waals surface area (Å²) < 4.78 is 33.4. The molecule has 2 N–H and O–H groups in total. The standard InChI is InChI=1S/C24H27ClF2N4O4S/c1-2-30(15-4-5-15)18(12-28-24(34)19-7-8-20(25)36-19)23(33)29-14-3-6-17(16(11-14)22(26)27)31-9-10-35-13-21(31)32/h3,6-8,11,15,18,22H,2,4-5,9-10,12-13H2,1H3,(H,28,34)(H,29,33)/t18-/m1/s1. The number of carbonyl (C=O) groups is 3. The Balaban J connectivity index is 1.51. The molecule has 1 aliphatic carbocycles. The van der Waals surface area contributed by atoms with Crippen LogP contribution in [0.1, 0.15) is 41.4 Å². The Bertz CT molecular complexity index is 1130. The average molecular weight is 541 g/mol. The normalized spacial score (nSPS) is 16.9. The first-order chi connectivity index (χ1) is 17.3. The lowest BCUT2D eigenvalue weighted by Crippen LogP contribution is -2.51. The van der Waals surface area contributed by atoms with E-state index in [-0.39, 0.29) is 55.2 Å². The van der Waals surface area contributed by atoms with Gasteiger partial charge in [0, 0.05) is 30.4 Å². The van der Waals surface area contributed by atoms with Gasteiger partial charge in [-0.2, -0.15) is 0 Å². The minimum absolute atomic E-state index is 0.0482. The number of benzene rings is 1. The summed E-state index contributed by atoms with van der Waals surface area (Å²) >= 11 is 7.06. The van der Waals surface area contributed by atoms with Crippen LogP contribution in [0.3, 0.4) is 0 Å². The van der Waals surface area contributed by atoms with Crippen molar-refractivity contribution in [3.8, 4) is 0 Å². The third-order valence-electron chi connectivity index (χ3n) is 6.14. The van der Waals surface area contributed by atoms with Crippen LogP contribution in [0.25, 0.3) is 0 Å². The fourth-order valence-electron chi connectivity index (χ4n) is 4.26. The van der Waals surface area contributed by atoms with Crippen molar-refractivity contribution in [3.05, 3.63) is 45.1 Å². The topological polar surface area (TPSA) is 91.0 Å². The number of halogens is 3. The van der Waals surface area contributed by atoms with Gasteiger partial charge in [0.1, 0.15) is 12.6 Å². The number of hydrogen-bond acceptors (Lipinski definition) is 6. The molecule has 4 rings (SSSR count). The van der Waals surface area contributed by atoms with Crippen LogP contribution in [-0.2, 0) is 14.3 Å². The number of anilines is 2. The summed E-state index contributed by atoms with van der Waals surface area (Å²) in [6, 6.07) is 6.87. The second-order valence-electron chi connectivity index (χ2n) is 8.55. The molecule has 0 radical (unpaired) electrons. The summed E-state index contributed by atoms with van der Waals surface area (Å²) in [7, 11) is 0. The van der Waals surface area contributed by atoms with E-state index in [1.807, 2.05) is 11.8 Å². The second-order valence-corrected chi connectivity index (χ2v) is 10.3. The lowest BCUT2D eigenvalue weighted by Gasteiger charge is -2.30. The summed E-state index contributed by atoms with van der Waals surface area (Å²) in [6.07, 6.45) is -0.952. The molecular weight excluding hydrogens is 514 g/mol. The van der Waals surface area contributed by atoms with Gasteiger partial charge >= 0.3 is 0 Å². The first kappa shape index (κ1) is 26.5. The Labute approximate surface area is 216 Å². The fraction of sp³-hybridized carbons (Fsp3) is 0.458. The number of alkyl halides is 2. The summed E-state index contributed by atoms with van der Waals surface area (Å²) in [5, 5.41) is 5.53. The van der Waals surface area contributed by atoms with E-state index in [0.717, 1.165) is 24.2 Å². The molecule has 1 aromatic heterocycles. The summed E-state index contributed by atoms with van der Waals surface area (Å²) in [5.74, 6) is -1.15. The van der Waals surface area contributed by atoms with E-state index < -0.39 is 24.3 Å². The van der Waals surface area contributed by atoms with Gasteiger partial charge in [-0.15, -0.1) is 11.3 Å². The molecule has 194 valence electrons. The van der Waals surface area contributed by atoms with E-state index in [9.17, 15) is 23.2 Å². The maximum absolute atomic E-state index is 13.9. The number of nitrogens with zero attached hydrogens (tertiary/aromatic N) is 2. The van der Waals surface area contributed by atoms with Crippen molar-refractivity contribution in [1.29, 1.82) is 0 Å².